The van der Waals surface area contributed by atoms with E-state index in [-0.39, 0.29) is 11.9 Å². The van der Waals surface area contributed by atoms with Crippen LogP contribution in [0.5, 0.6) is 0 Å². The summed E-state index contributed by atoms with van der Waals surface area (Å²) in [6, 6.07) is 5.49. The second kappa shape index (κ2) is 7.36. The van der Waals surface area contributed by atoms with E-state index in [1.54, 1.807) is 44.9 Å². The van der Waals surface area contributed by atoms with Gasteiger partial charge in [-0.3, -0.25) is 15.0 Å². The average Bonchev–Trinajstić information content (AvgIpc) is 2.47. The number of piperazine rings is 1. The number of nitrogens with one attached hydrogen (secondary N) is 1. The van der Waals surface area contributed by atoms with Crippen molar-refractivity contribution in [3.8, 4) is 0 Å². The minimum absolute atomic E-state index is 0.0634. The molecule has 1 unspecified atom stereocenters. The third-order valence-electron chi connectivity index (χ3n) is 4.83. The molecule has 0 spiro atoms. The zero-order valence-corrected chi connectivity index (χ0v) is 16.3. The number of amides is 2. The molecule has 8 nitrogen and oxygen atoms in total. The molecule has 3 N–H and O–H groups in total. The van der Waals surface area contributed by atoms with Crippen LogP contribution in [-0.4, -0.2) is 66.8 Å². The van der Waals surface area contributed by atoms with Crippen LogP contribution in [0.15, 0.2) is 18.2 Å². The molecule has 8 heteroatoms. The Hall–Kier alpha value is -2.32. The van der Waals surface area contributed by atoms with Gasteiger partial charge in [0.05, 0.1) is 31.8 Å². The summed E-state index contributed by atoms with van der Waals surface area (Å²) in [4.78, 5) is 28.2. The van der Waals surface area contributed by atoms with E-state index < -0.39 is 11.7 Å². The Bertz CT molecular complexity index is 727. The van der Waals surface area contributed by atoms with Crippen molar-refractivity contribution in [2.24, 2.45) is 0 Å². The summed E-state index contributed by atoms with van der Waals surface area (Å²) < 4.78 is 10.5. The summed E-state index contributed by atoms with van der Waals surface area (Å²) in [6.07, 6.45) is -0.532. The molecule has 1 aromatic rings. The highest BCUT2D eigenvalue weighted by atomic mass is 16.6. The zero-order chi connectivity index (χ0) is 19.8. The molecule has 0 aromatic heterocycles. The number of anilines is 2. The van der Waals surface area contributed by atoms with E-state index in [1.807, 2.05) is 6.07 Å². The molecule has 1 aromatic carbocycles. The number of nitrogens with two attached hydrogens (primary N) is 1. The minimum Gasteiger partial charge on any atom is -0.444 e. The van der Waals surface area contributed by atoms with Gasteiger partial charge in [0, 0.05) is 25.0 Å². The number of ether oxygens (including phenoxy) is 2. The molecule has 0 bridgehead atoms. The fourth-order valence-electron chi connectivity index (χ4n) is 3.26. The van der Waals surface area contributed by atoms with E-state index >= 15 is 0 Å². The van der Waals surface area contributed by atoms with E-state index in [4.69, 9.17) is 15.2 Å². The van der Waals surface area contributed by atoms with Crippen LogP contribution in [0, 0.1) is 0 Å². The van der Waals surface area contributed by atoms with Gasteiger partial charge in [0.2, 0.25) is 5.91 Å². The first kappa shape index (κ1) is 19.4. The van der Waals surface area contributed by atoms with Crippen LogP contribution in [0.4, 0.5) is 16.2 Å². The van der Waals surface area contributed by atoms with Gasteiger partial charge in [-0.1, -0.05) is 6.07 Å². The largest absolute Gasteiger partial charge is 0.444 e. The summed E-state index contributed by atoms with van der Waals surface area (Å²) in [5, 5.41) is 2.69. The predicted molar refractivity (Wildman–Crippen MR) is 102 cm³/mol. The number of rotatable bonds is 3. The molecule has 2 aliphatic rings. The lowest BCUT2D eigenvalue weighted by Crippen LogP contribution is -2.58. The van der Waals surface area contributed by atoms with Gasteiger partial charge in [0.1, 0.15) is 5.60 Å². The SMILES string of the molecule is CN1C(=O)CN(C2COC2)CC1c1ccc(NC(=O)OC(C)(C)C)cc1N. The Kier molecular flexibility index (Phi) is 5.30. The van der Waals surface area contributed by atoms with Crippen LogP contribution >= 0.6 is 0 Å². The van der Waals surface area contributed by atoms with Gasteiger partial charge in [-0.2, -0.15) is 0 Å². The normalized spacial score (nSPS) is 21.7. The highest BCUT2D eigenvalue weighted by Crippen LogP contribution is 2.32. The molecule has 0 radical (unpaired) electrons. The molecule has 1 atom stereocenters. The fourth-order valence-corrected chi connectivity index (χ4v) is 3.26. The predicted octanol–water partition coefficient (Wildman–Crippen LogP) is 1.83. The number of benzene rings is 1. The van der Waals surface area contributed by atoms with Crippen molar-refractivity contribution in [1.82, 2.24) is 9.80 Å². The second-order valence-electron chi connectivity index (χ2n) is 8.11. The average molecular weight is 376 g/mol. The summed E-state index contributed by atoms with van der Waals surface area (Å²) in [5.74, 6) is 0.0634. The van der Waals surface area contributed by atoms with Crippen molar-refractivity contribution >= 4 is 23.4 Å². The number of carbonyl (C=O) groups excluding carboxylic acids is 2. The Morgan fingerprint density at radius 2 is 2.04 bits per heavy atom. The second-order valence-corrected chi connectivity index (χ2v) is 8.11. The van der Waals surface area contributed by atoms with Crippen molar-refractivity contribution < 1.29 is 19.1 Å². The molecule has 0 saturated carbocycles. The van der Waals surface area contributed by atoms with Gasteiger partial charge in [-0.25, -0.2) is 4.79 Å². The smallest absolute Gasteiger partial charge is 0.412 e. The van der Waals surface area contributed by atoms with Gasteiger partial charge in [0.25, 0.3) is 0 Å². The van der Waals surface area contributed by atoms with Crippen LogP contribution in [0.3, 0.4) is 0 Å². The lowest BCUT2D eigenvalue weighted by atomic mass is 9.99. The lowest BCUT2D eigenvalue weighted by molar-refractivity contribution is -0.146. The van der Waals surface area contributed by atoms with E-state index in [1.165, 1.54) is 0 Å². The summed E-state index contributed by atoms with van der Waals surface area (Å²) in [5.41, 5.74) is 7.63. The first-order chi connectivity index (χ1) is 12.6. The van der Waals surface area contributed by atoms with Gasteiger partial charge in [-0.05, 0) is 38.5 Å². The number of nitrogens with zero attached hydrogens (tertiary/aromatic N) is 2. The topological polar surface area (TPSA) is 97.1 Å². The molecular weight excluding hydrogens is 348 g/mol. The van der Waals surface area contributed by atoms with Crippen molar-refractivity contribution in [3.63, 3.8) is 0 Å². The van der Waals surface area contributed by atoms with Crippen molar-refractivity contribution in [1.29, 1.82) is 0 Å². The van der Waals surface area contributed by atoms with E-state index in [2.05, 4.69) is 10.2 Å². The van der Waals surface area contributed by atoms with Crippen molar-refractivity contribution in [2.75, 3.05) is 44.4 Å². The maximum absolute atomic E-state index is 12.4. The number of likely N-dealkylation sites (N-methyl/N-ethyl adjacent to an activating group) is 1. The van der Waals surface area contributed by atoms with E-state index in [9.17, 15) is 9.59 Å². The van der Waals surface area contributed by atoms with Gasteiger partial charge in [-0.15, -0.1) is 0 Å². The molecule has 3 rings (SSSR count). The third kappa shape index (κ3) is 4.51. The zero-order valence-electron chi connectivity index (χ0n) is 16.3. The fraction of sp³-hybridized carbons (Fsp3) is 0.579. The first-order valence-electron chi connectivity index (χ1n) is 9.11. The lowest BCUT2D eigenvalue weighted by Gasteiger charge is -2.45. The maximum atomic E-state index is 12.4. The minimum atomic E-state index is -0.574. The van der Waals surface area contributed by atoms with Gasteiger partial charge < -0.3 is 20.1 Å². The Morgan fingerprint density at radius 1 is 1.33 bits per heavy atom. The summed E-state index contributed by atoms with van der Waals surface area (Å²) in [7, 11) is 1.80. The Balaban J connectivity index is 1.74. The summed E-state index contributed by atoms with van der Waals surface area (Å²) >= 11 is 0. The molecule has 2 saturated heterocycles. The van der Waals surface area contributed by atoms with Crippen LogP contribution in [-0.2, 0) is 14.3 Å². The van der Waals surface area contributed by atoms with E-state index in [0.717, 1.165) is 5.56 Å². The van der Waals surface area contributed by atoms with Crippen LogP contribution in [0.1, 0.15) is 32.4 Å². The monoisotopic (exact) mass is 376 g/mol. The number of hydrogen-bond acceptors (Lipinski definition) is 6. The molecule has 0 aliphatic carbocycles. The van der Waals surface area contributed by atoms with Gasteiger partial charge in [0.15, 0.2) is 0 Å². The highest BCUT2D eigenvalue weighted by Gasteiger charge is 2.37. The maximum Gasteiger partial charge on any atom is 0.412 e. The quantitative estimate of drug-likeness (QED) is 0.781. The third-order valence-corrected chi connectivity index (χ3v) is 4.83. The van der Waals surface area contributed by atoms with E-state index in [0.29, 0.717) is 43.7 Å². The molecule has 2 amide bonds. The molecule has 2 aliphatic heterocycles. The number of nitrogen functional groups attached to an aromatic ring is 1. The van der Waals surface area contributed by atoms with Gasteiger partial charge >= 0.3 is 6.09 Å². The van der Waals surface area contributed by atoms with Crippen LogP contribution in [0.25, 0.3) is 0 Å². The first-order valence-corrected chi connectivity index (χ1v) is 9.11. The van der Waals surface area contributed by atoms with Crippen molar-refractivity contribution in [3.05, 3.63) is 23.8 Å². The summed E-state index contributed by atoms with van der Waals surface area (Å²) in [6.45, 7) is 7.85. The Morgan fingerprint density at radius 3 is 2.59 bits per heavy atom. The van der Waals surface area contributed by atoms with Crippen LogP contribution in [0.2, 0.25) is 0 Å². The van der Waals surface area contributed by atoms with Crippen molar-refractivity contribution in [2.45, 2.75) is 38.5 Å². The molecule has 148 valence electrons. The standard InChI is InChI=1S/C19H28N4O4/c1-19(2,3)27-18(25)21-12-5-6-14(15(20)7-12)16-8-23(13-10-26-11-13)9-17(24)22(16)4/h5-7,13,16H,8-11,20H2,1-4H3,(H,21,25). The molecule has 27 heavy (non-hydrogen) atoms. The van der Waals surface area contributed by atoms with Crippen LogP contribution < -0.4 is 11.1 Å². The molecule has 2 heterocycles. The Labute approximate surface area is 159 Å². The molecular formula is C19H28N4O4. The number of carbonyl (C=O) groups is 2. The highest BCUT2D eigenvalue weighted by molar-refractivity contribution is 5.86. The number of hydrogen-bond donors (Lipinski definition) is 2. The molecule has 2 fully saturated rings.